The predicted molar refractivity (Wildman–Crippen MR) is 69.3 cm³/mol. The highest BCUT2D eigenvalue weighted by molar-refractivity contribution is 6.34. The van der Waals surface area contributed by atoms with E-state index in [1.54, 1.807) is 12.1 Å². The number of fused-ring (bicyclic) bond motifs is 1. The number of nitrogens with one attached hydrogen (secondary N) is 1. The molecule has 17 heavy (non-hydrogen) atoms. The minimum absolute atomic E-state index is 0.252. The Bertz CT molecular complexity index is 581. The zero-order chi connectivity index (χ0) is 12.3. The molecule has 0 aliphatic carbocycles. The van der Waals surface area contributed by atoms with Crippen molar-refractivity contribution < 1.29 is 4.79 Å². The molecule has 0 atom stereocenters. The zero-order valence-corrected chi connectivity index (χ0v) is 9.87. The first-order valence-corrected chi connectivity index (χ1v) is 5.54. The molecule has 1 aromatic heterocycles. The molecule has 4 heteroatoms. The second-order valence-corrected chi connectivity index (χ2v) is 3.88. The van der Waals surface area contributed by atoms with Crippen LogP contribution in [0, 0.1) is 0 Å². The van der Waals surface area contributed by atoms with Gasteiger partial charge in [0, 0.05) is 11.9 Å². The van der Waals surface area contributed by atoms with Gasteiger partial charge in [-0.2, -0.15) is 0 Å². The number of aromatic nitrogens is 1. The minimum atomic E-state index is -0.252. The van der Waals surface area contributed by atoms with Gasteiger partial charge in [0.2, 0.25) is 0 Å². The van der Waals surface area contributed by atoms with Gasteiger partial charge in [0.1, 0.15) is 10.8 Å². The van der Waals surface area contributed by atoms with Crippen LogP contribution in [-0.4, -0.2) is 17.4 Å². The molecule has 1 heterocycles. The fraction of sp³-hybridized carbons (Fsp3) is 0.0769. The van der Waals surface area contributed by atoms with E-state index in [0.717, 1.165) is 10.8 Å². The zero-order valence-electron chi connectivity index (χ0n) is 9.11. The Balaban J connectivity index is 2.42. The van der Waals surface area contributed by atoms with Gasteiger partial charge in [0.25, 0.3) is 5.91 Å². The van der Waals surface area contributed by atoms with Gasteiger partial charge in [-0.15, -0.1) is 6.58 Å². The highest BCUT2D eigenvalue weighted by atomic mass is 35.5. The number of benzene rings is 1. The van der Waals surface area contributed by atoms with Crippen molar-refractivity contribution in [1.29, 1.82) is 0 Å². The summed E-state index contributed by atoms with van der Waals surface area (Å²) in [6, 6.07) is 9.26. The Kier molecular flexibility index (Phi) is 3.40. The van der Waals surface area contributed by atoms with Gasteiger partial charge in [-0.05, 0) is 11.5 Å². The molecule has 1 N–H and O–H groups in total. The molecule has 0 bridgehead atoms. The maximum Gasteiger partial charge on any atom is 0.270 e. The van der Waals surface area contributed by atoms with Gasteiger partial charge in [-0.1, -0.05) is 41.9 Å². The molecule has 0 saturated carbocycles. The third kappa shape index (κ3) is 2.45. The molecule has 0 radical (unpaired) electrons. The summed E-state index contributed by atoms with van der Waals surface area (Å²) >= 11 is 6.03. The van der Waals surface area contributed by atoms with Crippen LogP contribution in [0.3, 0.4) is 0 Å². The van der Waals surface area contributed by atoms with Crippen molar-refractivity contribution in [3.63, 3.8) is 0 Å². The number of pyridine rings is 1. The van der Waals surface area contributed by atoms with Crippen molar-refractivity contribution in [3.8, 4) is 0 Å². The summed E-state index contributed by atoms with van der Waals surface area (Å²) in [5.41, 5.74) is 0.315. The lowest BCUT2D eigenvalue weighted by Gasteiger charge is -2.05. The molecule has 86 valence electrons. The van der Waals surface area contributed by atoms with Crippen LogP contribution in [-0.2, 0) is 0 Å². The Morgan fingerprint density at radius 3 is 3.00 bits per heavy atom. The topological polar surface area (TPSA) is 42.0 Å². The van der Waals surface area contributed by atoms with E-state index in [9.17, 15) is 4.79 Å². The van der Waals surface area contributed by atoms with Crippen LogP contribution < -0.4 is 5.32 Å². The normalized spacial score (nSPS) is 10.2. The summed E-state index contributed by atoms with van der Waals surface area (Å²) < 4.78 is 0. The van der Waals surface area contributed by atoms with Crippen molar-refractivity contribution in [1.82, 2.24) is 10.3 Å². The maximum absolute atomic E-state index is 11.7. The quantitative estimate of drug-likeness (QED) is 0.668. The van der Waals surface area contributed by atoms with Crippen LogP contribution in [0.5, 0.6) is 0 Å². The van der Waals surface area contributed by atoms with E-state index in [1.807, 2.05) is 24.3 Å². The van der Waals surface area contributed by atoms with Crippen LogP contribution in [0.15, 0.2) is 43.0 Å². The smallest absolute Gasteiger partial charge is 0.270 e. The molecule has 1 amide bonds. The highest BCUT2D eigenvalue weighted by Gasteiger charge is 2.09. The first-order valence-electron chi connectivity index (χ1n) is 5.17. The SMILES string of the molecule is C=CCNC(=O)c1cc2ccccc2c(Cl)n1. The molecule has 0 aliphatic rings. The number of carbonyl (C=O) groups is 1. The largest absolute Gasteiger partial charge is 0.347 e. The van der Waals surface area contributed by atoms with E-state index in [4.69, 9.17) is 11.6 Å². The monoisotopic (exact) mass is 246 g/mol. The molecule has 2 aromatic rings. The van der Waals surface area contributed by atoms with Crippen molar-refractivity contribution in [2.45, 2.75) is 0 Å². The highest BCUT2D eigenvalue weighted by Crippen LogP contribution is 2.22. The summed E-state index contributed by atoms with van der Waals surface area (Å²) in [5.74, 6) is -0.252. The summed E-state index contributed by atoms with van der Waals surface area (Å²) in [5, 5.41) is 4.74. The molecular weight excluding hydrogens is 236 g/mol. The van der Waals surface area contributed by atoms with Gasteiger partial charge in [0.15, 0.2) is 0 Å². The first-order chi connectivity index (χ1) is 8.22. The molecule has 2 rings (SSSR count). The second kappa shape index (κ2) is 4.97. The average Bonchev–Trinajstić information content (AvgIpc) is 2.36. The lowest BCUT2D eigenvalue weighted by Crippen LogP contribution is -2.24. The number of carbonyl (C=O) groups excluding carboxylic acids is 1. The first kappa shape index (κ1) is 11.6. The van der Waals surface area contributed by atoms with Crippen LogP contribution in [0.1, 0.15) is 10.5 Å². The molecule has 1 aromatic carbocycles. The Morgan fingerprint density at radius 1 is 1.47 bits per heavy atom. The van der Waals surface area contributed by atoms with E-state index in [-0.39, 0.29) is 5.91 Å². The van der Waals surface area contributed by atoms with Crippen LogP contribution >= 0.6 is 11.6 Å². The van der Waals surface area contributed by atoms with Crippen molar-refractivity contribution >= 4 is 28.3 Å². The number of rotatable bonds is 3. The molecule has 3 nitrogen and oxygen atoms in total. The minimum Gasteiger partial charge on any atom is -0.347 e. The summed E-state index contributed by atoms with van der Waals surface area (Å²) in [7, 11) is 0. The summed E-state index contributed by atoms with van der Waals surface area (Å²) in [6.45, 7) is 3.94. The number of halogens is 1. The van der Waals surface area contributed by atoms with Crippen molar-refractivity contribution in [3.05, 3.63) is 53.8 Å². The van der Waals surface area contributed by atoms with E-state index >= 15 is 0 Å². The number of nitrogens with zero attached hydrogens (tertiary/aromatic N) is 1. The van der Waals surface area contributed by atoms with Crippen molar-refractivity contribution in [2.24, 2.45) is 0 Å². The fourth-order valence-electron chi connectivity index (χ4n) is 1.53. The number of hydrogen-bond donors (Lipinski definition) is 1. The average molecular weight is 247 g/mol. The molecule has 0 fully saturated rings. The third-order valence-electron chi connectivity index (χ3n) is 2.33. The second-order valence-electron chi connectivity index (χ2n) is 3.52. The van der Waals surface area contributed by atoms with E-state index in [1.165, 1.54) is 0 Å². The van der Waals surface area contributed by atoms with Crippen molar-refractivity contribution in [2.75, 3.05) is 6.54 Å². The molecule has 0 saturated heterocycles. The van der Waals surface area contributed by atoms with Crippen LogP contribution in [0.25, 0.3) is 10.8 Å². The Labute approximate surface area is 104 Å². The van der Waals surface area contributed by atoms with Gasteiger partial charge >= 0.3 is 0 Å². The van der Waals surface area contributed by atoms with Gasteiger partial charge < -0.3 is 5.32 Å². The summed E-state index contributed by atoms with van der Waals surface area (Å²) in [6.07, 6.45) is 1.61. The van der Waals surface area contributed by atoms with Gasteiger partial charge in [-0.3, -0.25) is 4.79 Å². The van der Waals surface area contributed by atoms with E-state index in [0.29, 0.717) is 17.4 Å². The molecular formula is C13H11ClN2O. The predicted octanol–water partition coefficient (Wildman–Crippen LogP) is 2.80. The third-order valence-corrected chi connectivity index (χ3v) is 2.62. The van der Waals surface area contributed by atoms with Gasteiger partial charge in [0.05, 0.1) is 0 Å². The summed E-state index contributed by atoms with van der Waals surface area (Å²) in [4.78, 5) is 15.8. The standard InChI is InChI=1S/C13H11ClN2O/c1-2-7-15-13(17)11-8-9-5-3-4-6-10(9)12(14)16-11/h2-6,8H,1,7H2,(H,15,17). The van der Waals surface area contributed by atoms with Crippen LogP contribution in [0.4, 0.5) is 0 Å². The Hall–Kier alpha value is -1.87. The molecule has 0 unspecified atom stereocenters. The van der Waals surface area contributed by atoms with Crippen LogP contribution in [0.2, 0.25) is 5.15 Å². The molecule has 0 aliphatic heterocycles. The lowest BCUT2D eigenvalue weighted by molar-refractivity contribution is 0.0953. The maximum atomic E-state index is 11.7. The lowest BCUT2D eigenvalue weighted by atomic mass is 10.1. The molecule has 0 spiro atoms. The van der Waals surface area contributed by atoms with Gasteiger partial charge in [-0.25, -0.2) is 4.98 Å². The number of hydrogen-bond acceptors (Lipinski definition) is 2. The fourth-order valence-corrected chi connectivity index (χ4v) is 1.79. The Morgan fingerprint density at radius 2 is 2.24 bits per heavy atom. The van der Waals surface area contributed by atoms with E-state index < -0.39 is 0 Å². The number of amides is 1. The van der Waals surface area contributed by atoms with E-state index in [2.05, 4.69) is 16.9 Å².